The van der Waals surface area contributed by atoms with Gasteiger partial charge < -0.3 is 15.4 Å². The van der Waals surface area contributed by atoms with Crippen LogP contribution in [0.1, 0.15) is 39.2 Å². The van der Waals surface area contributed by atoms with Crippen molar-refractivity contribution in [3.05, 3.63) is 86.9 Å². The van der Waals surface area contributed by atoms with E-state index in [0.717, 1.165) is 23.2 Å². The van der Waals surface area contributed by atoms with E-state index >= 15 is 0 Å². The molecule has 2 N–H and O–H groups in total. The van der Waals surface area contributed by atoms with E-state index in [1.165, 1.54) is 21.6 Å². The monoisotopic (exact) mass is 422 g/mol. The van der Waals surface area contributed by atoms with Gasteiger partial charge in [0.25, 0.3) is 0 Å². The second-order valence-electron chi connectivity index (χ2n) is 7.09. The highest BCUT2D eigenvalue weighted by atomic mass is 32.1. The Hall–Kier alpha value is -2.70. The van der Waals surface area contributed by atoms with Crippen molar-refractivity contribution in [1.82, 2.24) is 15.6 Å². The minimum Gasteiger partial charge on any atom is -0.372 e. The van der Waals surface area contributed by atoms with Crippen LogP contribution in [0, 0.1) is 13.8 Å². The van der Waals surface area contributed by atoms with Crippen LogP contribution in [0.2, 0.25) is 0 Å². The minimum absolute atomic E-state index is 0.606. The molecule has 158 valence electrons. The highest BCUT2D eigenvalue weighted by molar-refractivity contribution is 7.11. The molecule has 0 aliphatic carbocycles. The molecule has 0 amide bonds. The zero-order chi connectivity index (χ0) is 21.2. The number of hydrogen-bond donors (Lipinski definition) is 2. The predicted molar refractivity (Wildman–Crippen MR) is 125 cm³/mol. The van der Waals surface area contributed by atoms with E-state index in [0.29, 0.717) is 26.3 Å². The number of benzene rings is 2. The first-order valence-electron chi connectivity index (χ1n) is 10.3. The SMILES string of the molecule is CCNC(=NCc1ccc(COCc2ccccc2)cc1)NCc1nc(C)c(C)s1. The summed E-state index contributed by atoms with van der Waals surface area (Å²) in [5.41, 5.74) is 4.62. The third kappa shape index (κ3) is 6.97. The van der Waals surface area contributed by atoms with Gasteiger partial charge in [-0.3, -0.25) is 0 Å². The standard InChI is InChI=1S/C24H30N4OS/c1-4-25-24(27-15-23-28-18(2)19(3)30-23)26-14-20-10-12-22(13-11-20)17-29-16-21-8-6-5-7-9-21/h5-13H,4,14-17H2,1-3H3,(H2,25,26,27). The fourth-order valence-electron chi connectivity index (χ4n) is 2.89. The maximum absolute atomic E-state index is 5.81. The summed E-state index contributed by atoms with van der Waals surface area (Å²) in [6.07, 6.45) is 0. The van der Waals surface area contributed by atoms with Crippen LogP contribution >= 0.6 is 11.3 Å². The molecule has 0 bridgehead atoms. The molecule has 0 saturated carbocycles. The van der Waals surface area contributed by atoms with Crippen LogP contribution in [0.5, 0.6) is 0 Å². The molecule has 0 fully saturated rings. The number of aryl methyl sites for hydroxylation is 2. The van der Waals surface area contributed by atoms with Crippen LogP contribution in [0.3, 0.4) is 0 Å². The van der Waals surface area contributed by atoms with Crippen LogP contribution in [-0.4, -0.2) is 17.5 Å². The van der Waals surface area contributed by atoms with Gasteiger partial charge in [-0.25, -0.2) is 9.98 Å². The third-order valence-corrected chi connectivity index (χ3v) is 5.72. The second kappa shape index (κ2) is 11.5. The molecule has 2 aromatic carbocycles. The van der Waals surface area contributed by atoms with Crippen molar-refractivity contribution < 1.29 is 4.74 Å². The molecule has 0 atom stereocenters. The number of ether oxygens (including phenoxy) is 1. The Kier molecular flexibility index (Phi) is 8.41. The molecular formula is C24H30N4OS. The Morgan fingerprint density at radius 3 is 2.23 bits per heavy atom. The highest BCUT2D eigenvalue weighted by Gasteiger charge is 2.05. The van der Waals surface area contributed by atoms with Crippen LogP contribution < -0.4 is 10.6 Å². The number of aliphatic imine (C=N–C) groups is 1. The largest absolute Gasteiger partial charge is 0.372 e. The summed E-state index contributed by atoms with van der Waals surface area (Å²) >= 11 is 1.73. The summed E-state index contributed by atoms with van der Waals surface area (Å²) in [7, 11) is 0. The van der Waals surface area contributed by atoms with Gasteiger partial charge in [0.15, 0.2) is 5.96 Å². The molecular weight excluding hydrogens is 392 g/mol. The van der Waals surface area contributed by atoms with E-state index in [2.05, 4.69) is 65.9 Å². The van der Waals surface area contributed by atoms with Gasteiger partial charge in [0.05, 0.1) is 32.0 Å². The van der Waals surface area contributed by atoms with Crippen molar-refractivity contribution in [2.45, 2.75) is 47.1 Å². The molecule has 0 unspecified atom stereocenters. The van der Waals surface area contributed by atoms with Gasteiger partial charge in [0, 0.05) is 11.4 Å². The first-order valence-corrected chi connectivity index (χ1v) is 11.1. The lowest BCUT2D eigenvalue weighted by molar-refractivity contribution is 0.107. The van der Waals surface area contributed by atoms with Gasteiger partial charge in [-0.15, -0.1) is 11.3 Å². The molecule has 0 saturated heterocycles. The van der Waals surface area contributed by atoms with Crippen molar-refractivity contribution in [1.29, 1.82) is 0 Å². The molecule has 3 rings (SSSR count). The molecule has 1 aromatic heterocycles. The Balaban J connectivity index is 1.48. The molecule has 0 aliphatic heterocycles. The lowest BCUT2D eigenvalue weighted by Crippen LogP contribution is -2.36. The summed E-state index contributed by atoms with van der Waals surface area (Å²) in [6.45, 7) is 9.58. The second-order valence-corrected chi connectivity index (χ2v) is 8.38. The fourth-order valence-corrected chi connectivity index (χ4v) is 3.76. The fraction of sp³-hybridized carbons (Fsp3) is 0.333. The number of hydrogen-bond acceptors (Lipinski definition) is 4. The Morgan fingerprint density at radius 1 is 0.933 bits per heavy atom. The molecule has 6 heteroatoms. The Bertz CT molecular complexity index is 916. The average Bonchev–Trinajstić information content (AvgIpc) is 3.09. The van der Waals surface area contributed by atoms with Crippen molar-refractivity contribution in [3.8, 4) is 0 Å². The van der Waals surface area contributed by atoms with Crippen molar-refractivity contribution in [2.24, 2.45) is 4.99 Å². The Labute approximate surface area is 183 Å². The maximum Gasteiger partial charge on any atom is 0.191 e. The number of aromatic nitrogens is 1. The quantitative estimate of drug-likeness (QED) is 0.387. The smallest absolute Gasteiger partial charge is 0.191 e. The molecule has 0 aliphatic rings. The van der Waals surface area contributed by atoms with Gasteiger partial charge in [0.2, 0.25) is 0 Å². The number of nitrogens with one attached hydrogen (secondary N) is 2. The topological polar surface area (TPSA) is 58.5 Å². The predicted octanol–water partition coefficient (Wildman–Crippen LogP) is 4.73. The highest BCUT2D eigenvalue weighted by Crippen LogP contribution is 2.16. The lowest BCUT2D eigenvalue weighted by atomic mass is 10.1. The zero-order valence-electron chi connectivity index (χ0n) is 17.9. The first-order chi connectivity index (χ1) is 14.6. The van der Waals surface area contributed by atoms with Gasteiger partial charge in [-0.1, -0.05) is 54.6 Å². The average molecular weight is 423 g/mol. The zero-order valence-corrected chi connectivity index (χ0v) is 18.8. The van der Waals surface area contributed by atoms with E-state index in [1.807, 2.05) is 25.1 Å². The molecule has 0 radical (unpaired) electrons. The van der Waals surface area contributed by atoms with E-state index < -0.39 is 0 Å². The van der Waals surface area contributed by atoms with E-state index in [4.69, 9.17) is 9.73 Å². The van der Waals surface area contributed by atoms with Crippen LogP contribution in [0.4, 0.5) is 0 Å². The maximum atomic E-state index is 5.81. The van der Waals surface area contributed by atoms with E-state index in [9.17, 15) is 0 Å². The van der Waals surface area contributed by atoms with E-state index in [-0.39, 0.29) is 0 Å². The van der Waals surface area contributed by atoms with Gasteiger partial charge in [-0.2, -0.15) is 0 Å². The normalized spacial score (nSPS) is 11.5. The summed E-state index contributed by atoms with van der Waals surface area (Å²) in [5.74, 6) is 0.804. The van der Waals surface area contributed by atoms with Crippen LogP contribution in [-0.2, 0) is 31.0 Å². The van der Waals surface area contributed by atoms with Crippen LogP contribution in [0.25, 0.3) is 0 Å². The van der Waals surface area contributed by atoms with Crippen molar-refractivity contribution in [2.75, 3.05) is 6.54 Å². The number of thiazole rings is 1. The Morgan fingerprint density at radius 2 is 1.60 bits per heavy atom. The first kappa shape index (κ1) is 22.0. The van der Waals surface area contributed by atoms with Gasteiger partial charge in [-0.05, 0) is 37.5 Å². The number of rotatable bonds is 9. The molecule has 5 nitrogen and oxygen atoms in total. The van der Waals surface area contributed by atoms with E-state index in [1.54, 1.807) is 11.3 Å². The van der Waals surface area contributed by atoms with Crippen molar-refractivity contribution in [3.63, 3.8) is 0 Å². The summed E-state index contributed by atoms with van der Waals surface area (Å²) in [4.78, 5) is 10.5. The summed E-state index contributed by atoms with van der Waals surface area (Å²) in [5, 5.41) is 7.74. The summed E-state index contributed by atoms with van der Waals surface area (Å²) in [6, 6.07) is 18.7. The molecule has 3 aromatic rings. The number of guanidine groups is 1. The molecule has 0 spiro atoms. The van der Waals surface area contributed by atoms with Gasteiger partial charge in [0.1, 0.15) is 5.01 Å². The number of nitrogens with zero attached hydrogens (tertiary/aromatic N) is 2. The van der Waals surface area contributed by atoms with Crippen LogP contribution in [0.15, 0.2) is 59.6 Å². The molecule has 30 heavy (non-hydrogen) atoms. The molecule has 1 heterocycles. The summed E-state index contributed by atoms with van der Waals surface area (Å²) < 4.78 is 5.81. The lowest BCUT2D eigenvalue weighted by Gasteiger charge is -2.10. The van der Waals surface area contributed by atoms with Crippen molar-refractivity contribution >= 4 is 17.3 Å². The van der Waals surface area contributed by atoms with Gasteiger partial charge >= 0.3 is 0 Å². The third-order valence-electron chi connectivity index (χ3n) is 4.65. The minimum atomic E-state index is 0.606.